The molecule has 0 bridgehead atoms. The molecule has 6 atom stereocenters. The largest absolute Gasteiger partial charge is 0.413 e. The number of allylic oxidation sites excluding steroid dienone is 5. The van der Waals surface area contributed by atoms with Crippen molar-refractivity contribution in [2.75, 3.05) is 13.2 Å². The van der Waals surface area contributed by atoms with Gasteiger partial charge >= 0.3 is 0 Å². The van der Waals surface area contributed by atoms with Crippen LogP contribution in [0, 0.1) is 28.6 Å². The molecule has 320 valence electrons. The third-order valence-corrected chi connectivity index (χ3v) is 25.7. The summed E-state index contributed by atoms with van der Waals surface area (Å²) in [6.45, 7) is 37.4. The highest BCUT2D eigenvalue weighted by Gasteiger charge is 2.62. The first kappa shape index (κ1) is 46.3. The Balaban J connectivity index is 1.25. The van der Waals surface area contributed by atoms with E-state index in [-0.39, 0.29) is 33.5 Å². The lowest BCUT2D eigenvalue weighted by atomic mass is 9.61. The molecular weight excluding hydrogens is 721 g/mol. The lowest BCUT2D eigenvalue weighted by Crippen LogP contribution is -2.49. The van der Waals surface area contributed by atoms with Crippen molar-refractivity contribution in [1.29, 1.82) is 0 Å². The molecule has 56 heavy (non-hydrogen) atoms. The zero-order chi connectivity index (χ0) is 41.2. The molecule has 5 rings (SSSR count). The topological polar surface area (TPSA) is 36.9 Å². The molecule has 1 aliphatic heterocycles. The fourth-order valence-electron chi connectivity index (χ4n) is 10.8. The van der Waals surface area contributed by atoms with E-state index in [1.165, 1.54) is 94.6 Å². The fourth-order valence-corrected chi connectivity index (χ4v) is 13.5. The first-order valence-electron chi connectivity index (χ1n) is 23.5. The van der Waals surface area contributed by atoms with Gasteiger partial charge in [-0.25, -0.2) is 0 Å². The summed E-state index contributed by atoms with van der Waals surface area (Å²) in [5.41, 5.74) is 4.83. The molecule has 6 heteroatoms. The van der Waals surface area contributed by atoms with E-state index >= 15 is 0 Å². The van der Waals surface area contributed by atoms with E-state index in [9.17, 15) is 0 Å². The number of hydrogen-bond acceptors (Lipinski definition) is 4. The summed E-state index contributed by atoms with van der Waals surface area (Å²) in [6.07, 6.45) is 31.2. The van der Waals surface area contributed by atoms with Crippen LogP contribution >= 0.6 is 0 Å². The highest BCUT2D eigenvalue weighted by Crippen LogP contribution is 2.63. The molecule has 1 heterocycles. The predicted molar refractivity (Wildman–Crippen MR) is 244 cm³/mol. The molecule has 0 N–H and O–H groups in total. The monoisotopic (exact) mass is 809 g/mol. The van der Waals surface area contributed by atoms with E-state index in [1.807, 2.05) is 0 Å². The van der Waals surface area contributed by atoms with Gasteiger partial charge < -0.3 is 18.3 Å². The van der Waals surface area contributed by atoms with E-state index in [2.05, 4.69) is 113 Å². The van der Waals surface area contributed by atoms with Gasteiger partial charge in [0.05, 0.1) is 25.4 Å². The van der Waals surface area contributed by atoms with Crippen molar-refractivity contribution in [1.82, 2.24) is 0 Å². The highest BCUT2D eigenvalue weighted by molar-refractivity contribution is 6.74. The average Bonchev–Trinajstić information content (AvgIpc) is 3.58. The second kappa shape index (κ2) is 18.1. The molecule has 0 aromatic rings. The van der Waals surface area contributed by atoms with Crippen LogP contribution in [0.5, 0.6) is 0 Å². The number of ether oxygens (including phenoxy) is 2. The van der Waals surface area contributed by atoms with E-state index in [1.54, 1.807) is 5.57 Å². The molecule has 5 aliphatic rings. The number of hydrogen-bond donors (Lipinski definition) is 0. The Kier molecular flexibility index (Phi) is 14.9. The Morgan fingerprint density at radius 1 is 0.857 bits per heavy atom. The molecular formula is C50H88O4Si2. The smallest absolute Gasteiger partial charge is 0.192 e. The first-order valence-corrected chi connectivity index (χ1v) is 29.3. The van der Waals surface area contributed by atoms with Gasteiger partial charge in [-0.3, -0.25) is 0 Å². The van der Waals surface area contributed by atoms with Gasteiger partial charge in [-0.15, -0.1) is 0 Å². The van der Waals surface area contributed by atoms with E-state index < -0.39 is 16.6 Å². The minimum absolute atomic E-state index is 0.0262. The van der Waals surface area contributed by atoms with Gasteiger partial charge in [-0.1, -0.05) is 124 Å². The summed E-state index contributed by atoms with van der Waals surface area (Å²) in [5, 5.41) is 0.328. The lowest BCUT2D eigenvalue weighted by molar-refractivity contribution is -0.213. The first-order chi connectivity index (χ1) is 26.1. The second-order valence-electron chi connectivity index (χ2n) is 22.6. The van der Waals surface area contributed by atoms with Crippen molar-refractivity contribution in [3.05, 3.63) is 47.6 Å². The van der Waals surface area contributed by atoms with Gasteiger partial charge in [0.15, 0.2) is 22.4 Å². The average molecular weight is 809 g/mol. The summed E-state index contributed by atoms with van der Waals surface area (Å²) < 4.78 is 27.3. The molecule has 0 amide bonds. The summed E-state index contributed by atoms with van der Waals surface area (Å²) in [4.78, 5) is 0. The van der Waals surface area contributed by atoms with Crippen molar-refractivity contribution in [3.63, 3.8) is 0 Å². The number of fused-ring (bicyclic) bond motifs is 1. The molecule has 0 aromatic heterocycles. The Labute approximate surface area is 348 Å². The van der Waals surface area contributed by atoms with Crippen LogP contribution in [0.25, 0.3) is 0 Å². The van der Waals surface area contributed by atoms with Crippen molar-refractivity contribution < 1.29 is 18.3 Å². The molecule has 0 radical (unpaired) electrons. The van der Waals surface area contributed by atoms with Gasteiger partial charge in [-0.2, -0.15) is 0 Å². The van der Waals surface area contributed by atoms with E-state index in [4.69, 9.17) is 24.9 Å². The van der Waals surface area contributed by atoms with Crippen LogP contribution in [-0.4, -0.2) is 47.8 Å². The Hall–Kier alpha value is -0.766. The summed E-state index contributed by atoms with van der Waals surface area (Å²) in [5.74, 6) is 1.70. The van der Waals surface area contributed by atoms with Crippen LogP contribution < -0.4 is 0 Å². The predicted octanol–water partition coefficient (Wildman–Crippen LogP) is 15.0. The second-order valence-corrected chi connectivity index (χ2v) is 32.1. The Morgan fingerprint density at radius 2 is 1.50 bits per heavy atom. The van der Waals surface area contributed by atoms with Crippen molar-refractivity contribution in [3.8, 4) is 0 Å². The maximum Gasteiger partial charge on any atom is 0.192 e. The molecule has 5 fully saturated rings. The maximum absolute atomic E-state index is 7.15. The molecule has 4 nitrogen and oxygen atoms in total. The molecule has 0 unspecified atom stereocenters. The van der Waals surface area contributed by atoms with Crippen LogP contribution in [0.3, 0.4) is 0 Å². The normalized spacial score (nSPS) is 31.8. The van der Waals surface area contributed by atoms with Crippen molar-refractivity contribution >= 4 is 16.6 Å². The standard InChI is InChI=1S/C50H88O4Si2/c1-15-16-17-18-20-31-50(51-34-35-52-50)49(32-33-49)30-21-19-23-38(2)43-27-28-44-40(24-22-29-48(43,44)10)25-26-41-36-42(53-55(11,12)46(4,5)6)37-45(39(41)3)54-56(13,14)47(7,8)9/h19,23,25-26,38,42-45H,3,15-18,20-22,24,27-37H2,1-2,4-14H3/b23-19+,40-25+,41-26-/t38-,42-,43-,44+,45+,48-/m1/s1. The zero-order valence-electron chi connectivity index (χ0n) is 39.0. The Bertz CT molecular complexity index is 1410. The quantitative estimate of drug-likeness (QED) is 0.0833. The number of unbranched alkanes of at least 4 members (excludes halogenated alkanes) is 4. The zero-order valence-corrected chi connectivity index (χ0v) is 41.0. The minimum Gasteiger partial charge on any atom is -0.413 e. The fraction of sp³-hybridized carbons (Fsp3) is 0.840. The van der Waals surface area contributed by atoms with Crippen molar-refractivity contribution in [2.24, 2.45) is 28.6 Å². The minimum atomic E-state index is -1.99. The third-order valence-electron chi connectivity index (χ3n) is 16.7. The van der Waals surface area contributed by atoms with Crippen LogP contribution in [0.4, 0.5) is 0 Å². The van der Waals surface area contributed by atoms with Gasteiger partial charge in [0.1, 0.15) is 0 Å². The highest BCUT2D eigenvalue weighted by atomic mass is 28.4. The van der Waals surface area contributed by atoms with E-state index in [0.29, 0.717) is 17.3 Å². The molecule has 4 aliphatic carbocycles. The van der Waals surface area contributed by atoms with Gasteiger partial charge in [0.2, 0.25) is 0 Å². The molecule has 0 aromatic carbocycles. The van der Waals surface area contributed by atoms with Crippen LogP contribution in [0.2, 0.25) is 36.3 Å². The van der Waals surface area contributed by atoms with Crippen LogP contribution in [-0.2, 0) is 18.3 Å². The molecule has 4 saturated carbocycles. The molecule has 1 saturated heterocycles. The lowest BCUT2D eigenvalue weighted by Gasteiger charge is -2.45. The SMILES string of the molecule is C=C1/C(=C\C=C2/CCC[C@]3(C)[C@@H]([C@H](C)/C=C/CCC4(C5(CCCCCCC)OCCO5)CC4)CC[C@@H]23)C[C@@H](O[Si](C)(C)C(C)(C)C)C[C@@H]1O[Si](C)(C)C(C)(C)C. The van der Waals surface area contributed by atoms with E-state index in [0.717, 1.165) is 44.8 Å². The van der Waals surface area contributed by atoms with Gasteiger partial charge in [0.25, 0.3) is 0 Å². The Morgan fingerprint density at radius 3 is 2.12 bits per heavy atom. The van der Waals surface area contributed by atoms with Gasteiger partial charge in [0, 0.05) is 18.3 Å². The van der Waals surface area contributed by atoms with Gasteiger partial charge in [-0.05, 0) is 141 Å². The summed E-state index contributed by atoms with van der Waals surface area (Å²) in [7, 11) is -3.93. The van der Waals surface area contributed by atoms with Crippen LogP contribution in [0.15, 0.2) is 47.6 Å². The maximum atomic E-state index is 7.15. The number of rotatable bonds is 17. The van der Waals surface area contributed by atoms with Crippen molar-refractivity contribution in [2.45, 2.75) is 226 Å². The summed E-state index contributed by atoms with van der Waals surface area (Å²) >= 11 is 0. The summed E-state index contributed by atoms with van der Waals surface area (Å²) in [6, 6.07) is 0. The third kappa shape index (κ3) is 10.2. The molecule has 0 spiro atoms. The van der Waals surface area contributed by atoms with Crippen LogP contribution in [0.1, 0.15) is 171 Å².